The third-order valence-electron chi connectivity index (χ3n) is 7.72. The topological polar surface area (TPSA) is 49.7 Å². The molecule has 1 aromatic rings. The zero-order valence-electron chi connectivity index (χ0n) is 16.4. The second-order valence-electron chi connectivity index (χ2n) is 9.49. The van der Waals surface area contributed by atoms with E-state index >= 15 is 0 Å². The predicted octanol–water partition coefficient (Wildman–Crippen LogP) is 4.65. The maximum atomic E-state index is 10.8. The van der Waals surface area contributed by atoms with Crippen LogP contribution in [0.1, 0.15) is 69.9 Å². The summed E-state index contributed by atoms with van der Waals surface area (Å²) in [5.74, 6) is 2.78. The van der Waals surface area contributed by atoms with Crippen LogP contribution in [0.4, 0.5) is 0 Å². The number of aromatic hydroxyl groups is 1. The minimum Gasteiger partial charge on any atom is -0.508 e. The zero-order chi connectivity index (χ0) is 18.5. The Kier molecular flexibility index (Phi) is 4.81. The molecule has 0 aromatic heterocycles. The van der Waals surface area contributed by atoms with Crippen LogP contribution in [0.3, 0.4) is 0 Å². The Balaban J connectivity index is 1.67. The highest BCUT2D eigenvalue weighted by atomic mass is 16.5. The van der Waals surface area contributed by atoms with Gasteiger partial charge in [0.15, 0.2) is 0 Å². The van der Waals surface area contributed by atoms with E-state index in [2.05, 4.69) is 26.8 Å². The first kappa shape index (κ1) is 18.3. The van der Waals surface area contributed by atoms with Crippen molar-refractivity contribution < 1.29 is 14.9 Å². The van der Waals surface area contributed by atoms with E-state index in [0.29, 0.717) is 29.4 Å². The van der Waals surface area contributed by atoms with E-state index in [4.69, 9.17) is 4.74 Å². The van der Waals surface area contributed by atoms with E-state index in [-0.39, 0.29) is 17.6 Å². The second kappa shape index (κ2) is 6.83. The Morgan fingerprint density at radius 2 is 2.04 bits per heavy atom. The molecule has 2 N–H and O–H groups in total. The monoisotopic (exact) mass is 358 g/mol. The Bertz CT molecular complexity index is 655. The van der Waals surface area contributed by atoms with Gasteiger partial charge in [0.25, 0.3) is 0 Å². The van der Waals surface area contributed by atoms with E-state index in [1.807, 2.05) is 12.1 Å². The summed E-state index contributed by atoms with van der Waals surface area (Å²) in [6.45, 7) is 7.34. The molecule has 2 fully saturated rings. The summed E-state index contributed by atoms with van der Waals surface area (Å²) in [5, 5.41) is 20.7. The zero-order valence-corrected chi connectivity index (χ0v) is 16.4. The number of phenolic OH excluding ortho intramolecular Hbond substituents is 1. The number of aliphatic hydroxyl groups is 1. The molecule has 144 valence electrons. The number of aryl methyl sites for hydroxylation is 1. The van der Waals surface area contributed by atoms with Crippen LogP contribution in [0.25, 0.3) is 0 Å². The van der Waals surface area contributed by atoms with Crippen LogP contribution in [0, 0.1) is 23.2 Å². The normalized spacial score (nSPS) is 38.7. The molecule has 0 radical (unpaired) electrons. The van der Waals surface area contributed by atoms with Gasteiger partial charge < -0.3 is 14.9 Å². The van der Waals surface area contributed by atoms with Gasteiger partial charge in [-0.1, -0.05) is 13.0 Å². The summed E-state index contributed by atoms with van der Waals surface area (Å²) in [5.41, 5.74) is 2.86. The number of hydrogen-bond donors (Lipinski definition) is 2. The lowest BCUT2D eigenvalue weighted by Crippen LogP contribution is -2.48. The van der Waals surface area contributed by atoms with Gasteiger partial charge in [-0.25, -0.2) is 0 Å². The molecule has 3 aliphatic carbocycles. The van der Waals surface area contributed by atoms with E-state index in [0.717, 1.165) is 32.3 Å². The number of hydrogen-bond acceptors (Lipinski definition) is 3. The van der Waals surface area contributed by atoms with E-state index in [1.165, 1.54) is 24.0 Å². The van der Waals surface area contributed by atoms with Gasteiger partial charge in [-0.2, -0.15) is 0 Å². The lowest BCUT2D eigenvalue weighted by Gasteiger charge is -2.54. The fourth-order valence-corrected chi connectivity index (χ4v) is 6.58. The van der Waals surface area contributed by atoms with Gasteiger partial charge in [-0.15, -0.1) is 0 Å². The predicted molar refractivity (Wildman–Crippen MR) is 103 cm³/mol. The summed E-state index contributed by atoms with van der Waals surface area (Å²) in [7, 11) is 0. The van der Waals surface area contributed by atoms with Crippen LogP contribution in [0.2, 0.25) is 0 Å². The molecular weight excluding hydrogens is 324 g/mol. The van der Waals surface area contributed by atoms with Crippen molar-refractivity contribution in [1.82, 2.24) is 0 Å². The van der Waals surface area contributed by atoms with Gasteiger partial charge in [0.2, 0.25) is 0 Å². The van der Waals surface area contributed by atoms with Gasteiger partial charge >= 0.3 is 0 Å². The lowest BCUT2D eigenvalue weighted by atomic mass is 9.51. The number of ether oxygens (including phenoxy) is 1. The minimum absolute atomic E-state index is 0.0675. The number of aliphatic hydroxyl groups excluding tert-OH is 1. The van der Waals surface area contributed by atoms with Crippen molar-refractivity contribution in [1.29, 1.82) is 0 Å². The van der Waals surface area contributed by atoms with Gasteiger partial charge in [-0.3, -0.25) is 0 Å². The molecule has 0 amide bonds. The molecule has 0 bridgehead atoms. The summed E-state index contributed by atoms with van der Waals surface area (Å²) in [6.07, 6.45) is 6.66. The number of fused-ring (bicyclic) bond motifs is 5. The van der Waals surface area contributed by atoms with Crippen molar-refractivity contribution in [2.75, 3.05) is 6.61 Å². The van der Waals surface area contributed by atoms with Crippen LogP contribution in [0.15, 0.2) is 18.2 Å². The third kappa shape index (κ3) is 2.97. The Morgan fingerprint density at radius 1 is 1.23 bits per heavy atom. The summed E-state index contributed by atoms with van der Waals surface area (Å²) in [4.78, 5) is 0. The van der Waals surface area contributed by atoms with Crippen molar-refractivity contribution >= 4 is 0 Å². The molecule has 26 heavy (non-hydrogen) atoms. The van der Waals surface area contributed by atoms with Gasteiger partial charge in [0.05, 0.1) is 12.2 Å². The van der Waals surface area contributed by atoms with E-state index in [9.17, 15) is 10.2 Å². The van der Waals surface area contributed by atoms with Crippen molar-refractivity contribution in [2.45, 2.75) is 77.4 Å². The van der Waals surface area contributed by atoms with E-state index < -0.39 is 0 Å². The minimum atomic E-state index is -0.150. The fourth-order valence-electron chi connectivity index (χ4n) is 6.58. The Hall–Kier alpha value is -1.06. The van der Waals surface area contributed by atoms with Crippen LogP contribution in [-0.2, 0) is 11.2 Å². The quantitative estimate of drug-likeness (QED) is 0.824. The SMILES string of the molecule is CC(C)OCC[C@H]1C[C@]2(C)C(O)CC[C@H]2[C@@H]2CCc3cc(O)ccc3[C@@H]12. The average Bonchev–Trinajstić information content (AvgIpc) is 2.89. The first-order valence-corrected chi connectivity index (χ1v) is 10.5. The molecule has 1 aromatic carbocycles. The van der Waals surface area contributed by atoms with E-state index in [1.54, 1.807) is 0 Å². The largest absolute Gasteiger partial charge is 0.508 e. The molecule has 0 heterocycles. The molecule has 3 aliphatic rings. The summed E-state index contributed by atoms with van der Waals surface area (Å²) < 4.78 is 5.90. The van der Waals surface area contributed by atoms with Gasteiger partial charge in [-0.05, 0) is 105 Å². The highest BCUT2D eigenvalue weighted by Gasteiger charge is 2.57. The molecule has 0 aliphatic heterocycles. The van der Waals surface area contributed by atoms with Crippen molar-refractivity contribution in [3.63, 3.8) is 0 Å². The average molecular weight is 359 g/mol. The number of rotatable bonds is 4. The second-order valence-corrected chi connectivity index (χ2v) is 9.49. The highest BCUT2D eigenvalue weighted by Crippen LogP contribution is 2.63. The summed E-state index contributed by atoms with van der Waals surface area (Å²) in [6, 6.07) is 6.01. The highest BCUT2D eigenvalue weighted by molar-refractivity contribution is 5.40. The van der Waals surface area contributed by atoms with Crippen molar-refractivity contribution in [3.05, 3.63) is 29.3 Å². The summed E-state index contributed by atoms with van der Waals surface area (Å²) >= 11 is 0. The van der Waals surface area contributed by atoms with Crippen molar-refractivity contribution in [3.8, 4) is 5.75 Å². The molecule has 2 saturated carbocycles. The standard InChI is InChI=1S/C23H34O3/c1-14(2)26-11-10-16-13-23(3)20(8-9-21(23)25)19-6-4-15-12-17(24)5-7-18(15)22(16)19/h5,7,12,14,16,19-22,24-25H,4,6,8-11,13H2,1-3H3/t16-,19-,20-,21?,22+,23-/m0/s1. The third-order valence-corrected chi connectivity index (χ3v) is 7.72. The smallest absolute Gasteiger partial charge is 0.115 e. The lowest BCUT2D eigenvalue weighted by molar-refractivity contribution is -0.0564. The molecule has 3 heteroatoms. The maximum absolute atomic E-state index is 10.8. The molecule has 6 atom stereocenters. The first-order valence-electron chi connectivity index (χ1n) is 10.5. The van der Waals surface area contributed by atoms with Crippen LogP contribution < -0.4 is 0 Å². The molecule has 3 nitrogen and oxygen atoms in total. The van der Waals surface area contributed by atoms with Crippen molar-refractivity contribution in [2.24, 2.45) is 23.2 Å². The van der Waals surface area contributed by atoms with Crippen LogP contribution in [0.5, 0.6) is 5.75 Å². The number of phenols is 1. The maximum Gasteiger partial charge on any atom is 0.115 e. The first-order chi connectivity index (χ1) is 12.4. The number of benzene rings is 1. The van der Waals surface area contributed by atoms with Gasteiger partial charge in [0, 0.05) is 6.61 Å². The molecule has 0 spiro atoms. The Labute approximate surface area is 157 Å². The fraction of sp³-hybridized carbons (Fsp3) is 0.739. The molecule has 1 unspecified atom stereocenters. The van der Waals surface area contributed by atoms with Gasteiger partial charge in [0.1, 0.15) is 5.75 Å². The molecule has 4 rings (SSSR count). The Morgan fingerprint density at radius 3 is 2.81 bits per heavy atom. The van der Waals surface area contributed by atoms with Crippen LogP contribution in [-0.4, -0.2) is 29.0 Å². The van der Waals surface area contributed by atoms with Crippen LogP contribution >= 0.6 is 0 Å². The molecular formula is C23H34O3. The molecule has 0 saturated heterocycles.